The van der Waals surface area contributed by atoms with E-state index in [1.165, 1.54) is 11.6 Å². The van der Waals surface area contributed by atoms with Crippen molar-refractivity contribution >= 4 is 58.8 Å². The summed E-state index contributed by atoms with van der Waals surface area (Å²) in [6.07, 6.45) is 3.47. The summed E-state index contributed by atoms with van der Waals surface area (Å²) in [5, 5.41) is 5.33. The fourth-order valence-electron chi connectivity index (χ4n) is 7.15. The Hall–Kier alpha value is -5.58. The van der Waals surface area contributed by atoms with Crippen molar-refractivity contribution in [2.24, 2.45) is 0 Å². The molecule has 7 aromatic rings. The number of rotatable bonds is 2. The number of benzene rings is 4. The Kier molecular flexibility index (Phi) is 5.93. The Bertz CT molecular complexity index is 2560. The highest BCUT2D eigenvalue weighted by Crippen LogP contribution is 2.36. The Morgan fingerprint density at radius 3 is 1.55 bits per heavy atom. The molecule has 3 aromatic heterocycles. The van der Waals surface area contributed by atoms with Crippen molar-refractivity contribution in [1.82, 2.24) is 39.9 Å². The van der Waals surface area contributed by atoms with E-state index >= 15 is 0 Å². The summed E-state index contributed by atoms with van der Waals surface area (Å²) < 4.78 is 6.24. The van der Waals surface area contributed by atoms with Gasteiger partial charge in [0.05, 0.1) is 9.52 Å². The predicted molar refractivity (Wildman–Crippen MR) is 188 cm³/mol. The van der Waals surface area contributed by atoms with Gasteiger partial charge in [0.25, 0.3) is 0 Å². The van der Waals surface area contributed by atoms with Gasteiger partial charge < -0.3 is 14.7 Å². The van der Waals surface area contributed by atoms with Gasteiger partial charge in [-0.15, -0.1) is 0 Å². The van der Waals surface area contributed by atoms with Gasteiger partial charge >= 0.3 is 0 Å². The summed E-state index contributed by atoms with van der Waals surface area (Å²) in [7, 11) is -0.777. The molecule has 1 fully saturated rings. The molecular formula is C37H28N8OSi. The van der Waals surface area contributed by atoms with E-state index in [-0.39, 0.29) is 0 Å². The van der Waals surface area contributed by atoms with Crippen molar-refractivity contribution in [2.75, 3.05) is 6.61 Å². The number of nitrogens with zero attached hydrogens (tertiary/aromatic N) is 6. The van der Waals surface area contributed by atoms with E-state index < -0.39 is 9.52 Å². The highest BCUT2D eigenvalue weighted by Gasteiger charge is 2.23. The summed E-state index contributed by atoms with van der Waals surface area (Å²) in [6, 6.07) is 30.9. The molecule has 0 spiro atoms. The largest absolute Gasteiger partial charge is 0.382 e. The Morgan fingerprint density at radius 2 is 1.00 bits per heavy atom. The molecule has 8 bridgehead atoms. The van der Waals surface area contributed by atoms with E-state index in [4.69, 9.17) is 34.6 Å². The zero-order valence-corrected chi connectivity index (χ0v) is 26.8. The van der Waals surface area contributed by atoms with Gasteiger partial charge in [0.15, 0.2) is 23.3 Å². The summed E-state index contributed by atoms with van der Waals surface area (Å²) in [5.41, 5.74) is 6.90. The second-order valence-electron chi connectivity index (χ2n) is 12.3. The average Bonchev–Trinajstić information content (AvgIpc) is 3.85. The molecule has 4 aromatic carbocycles. The molecular weight excluding hydrogens is 601 g/mol. The normalized spacial score (nSPS) is 15.8. The number of H-pyrrole nitrogens is 2. The molecule has 9 nitrogen and oxygen atoms in total. The maximum absolute atomic E-state index is 6.24. The number of ether oxygens (including phenoxy) is 1. The third-order valence-corrected chi connectivity index (χ3v) is 11.5. The Morgan fingerprint density at radius 1 is 0.511 bits per heavy atom. The lowest BCUT2D eigenvalue weighted by molar-refractivity contribution is 0.0660. The van der Waals surface area contributed by atoms with Crippen LogP contribution in [-0.2, 0) is 4.74 Å². The van der Waals surface area contributed by atoms with Crippen LogP contribution in [-0.4, -0.2) is 61.7 Å². The Balaban J connectivity index is 1.35. The van der Waals surface area contributed by atoms with Gasteiger partial charge in [0, 0.05) is 56.1 Å². The van der Waals surface area contributed by atoms with Crippen LogP contribution < -0.4 is 5.19 Å². The molecule has 0 amide bonds. The highest BCUT2D eigenvalue weighted by atomic mass is 28.2. The SMILES string of the molecule is c1ccc2c(c1)-c1nc-2nc2[nH]c(nc3nc(nc4[nH]c(n1)c1ccccc41)-c1ccccc1-3)c1c([SiH2]C3CCCCO3)cccc21. The molecule has 1 unspecified atom stereocenters. The van der Waals surface area contributed by atoms with Gasteiger partial charge in [-0.05, 0) is 19.3 Å². The molecule has 0 saturated carbocycles. The molecule has 3 aliphatic rings. The van der Waals surface area contributed by atoms with Crippen molar-refractivity contribution in [2.45, 2.75) is 25.0 Å². The molecule has 1 atom stereocenters. The first-order valence-corrected chi connectivity index (χ1v) is 17.6. The standard InChI is InChI=1S/C37H28N8OSi/c1-2-11-21-20(10-1)30-38-31(21)40-33-24-14-5-6-15-25(24)35(42-33)44-37-29-26(16-9-17-27(29)47-28-18-7-8-19-46-28)36(45-37)43-34-23-13-4-3-12-22(23)32(39-30)41-34/h1-6,9-17,28H,7-8,18-19,47H2,(H2,38,39,40,41,42,43,44,45). The second-order valence-corrected chi connectivity index (χ2v) is 14.4. The maximum Gasteiger partial charge on any atom is 0.164 e. The van der Waals surface area contributed by atoms with Crippen LogP contribution in [0, 0.1) is 0 Å². The third kappa shape index (κ3) is 4.33. The first kappa shape index (κ1) is 26.6. The maximum atomic E-state index is 6.24. The number of aromatic nitrogens is 8. The monoisotopic (exact) mass is 628 g/mol. The molecule has 2 N–H and O–H groups in total. The Labute approximate surface area is 271 Å². The van der Waals surface area contributed by atoms with Gasteiger partial charge in [0.2, 0.25) is 0 Å². The minimum Gasteiger partial charge on any atom is -0.382 e. The summed E-state index contributed by atoms with van der Waals surface area (Å²) in [6.45, 7) is 0.842. The lowest BCUT2D eigenvalue weighted by atomic mass is 10.1. The van der Waals surface area contributed by atoms with Gasteiger partial charge in [-0.2, -0.15) is 0 Å². The molecule has 1 saturated heterocycles. The van der Waals surface area contributed by atoms with E-state index in [2.05, 4.69) is 58.5 Å². The second kappa shape index (κ2) is 10.5. The highest BCUT2D eigenvalue weighted by molar-refractivity contribution is 6.59. The fourth-order valence-corrected chi connectivity index (χ4v) is 9.25. The van der Waals surface area contributed by atoms with Crippen LogP contribution in [0.5, 0.6) is 0 Å². The van der Waals surface area contributed by atoms with Crippen LogP contribution in [0.15, 0.2) is 91.0 Å². The van der Waals surface area contributed by atoms with E-state index in [9.17, 15) is 0 Å². The zero-order chi connectivity index (χ0) is 30.9. The van der Waals surface area contributed by atoms with Crippen LogP contribution in [0.25, 0.3) is 89.7 Å². The van der Waals surface area contributed by atoms with Crippen LogP contribution in [0.3, 0.4) is 0 Å². The van der Waals surface area contributed by atoms with Gasteiger partial charge in [-0.25, -0.2) is 29.9 Å². The van der Waals surface area contributed by atoms with E-state index in [1.807, 2.05) is 42.5 Å². The fraction of sp³-hybridized carbons (Fsp3) is 0.135. The van der Waals surface area contributed by atoms with E-state index in [0.717, 1.165) is 74.5 Å². The number of nitrogens with one attached hydrogen (secondary N) is 2. The van der Waals surface area contributed by atoms with Crippen LogP contribution >= 0.6 is 0 Å². The number of hydrogen-bond donors (Lipinski definition) is 2. The molecule has 6 heterocycles. The quantitative estimate of drug-likeness (QED) is 0.219. The molecule has 10 heteroatoms. The molecule has 0 aliphatic carbocycles. The van der Waals surface area contributed by atoms with Crippen molar-refractivity contribution in [1.29, 1.82) is 0 Å². The van der Waals surface area contributed by atoms with Gasteiger partial charge in [-0.1, -0.05) is 96.2 Å². The van der Waals surface area contributed by atoms with Crippen molar-refractivity contribution in [3.05, 3.63) is 91.0 Å². The number of fused-ring (bicyclic) bond motifs is 20. The molecule has 47 heavy (non-hydrogen) atoms. The van der Waals surface area contributed by atoms with Crippen molar-refractivity contribution in [3.63, 3.8) is 0 Å². The topological polar surface area (TPSA) is 118 Å². The van der Waals surface area contributed by atoms with Gasteiger partial charge in [0.1, 0.15) is 22.6 Å². The van der Waals surface area contributed by atoms with Crippen molar-refractivity contribution < 1.29 is 4.74 Å². The third-order valence-electron chi connectivity index (χ3n) is 9.39. The number of aromatic amines is 2. The first-order chi connectivity index (χ1) is 23.3. The summed E-state index contributed by atoms with van der Waals surface area (Å²) in [4.78, 5) is 37.8. The lowest BCUT2D eigenvalue weighted by Gasteiger charge is -2.22. The molecule has 3 aliphatic heterocycles. The molecule has 0 radical (unpaired) electrons. The van der Waals surface area contributed by atoms with Gasteiger partial charge in [-0.3, -0.25) is 0 Å². The molecule has 226 valence electrons. The van der Waals surface area contributed by atoms with Crippen molar-refractivity contribution in [3.8, 4) is 45.6 Å². The summed E-state index contributed by atoms with van der Waals surface area (Å²) >= 11 is 0. The lowest BCUT2D eigenvalue weighted by Crippen LogP contribution is -2.33. The molecule has 10 rings (SSSR count). The minimum absolute atomic E-state index is 0.313. The van der Waals surface area contributed by atoms with Crippen LogP contribution in [0.4, 0.5) is 0 Å². The predicted octanol–water partition coefficient (Wildman–Crippen LogP) is 6.19. The first-order valence-electron chi connectivity index (χ1n) is 16.1. The van der Waals surface area contributed by atoms with E-state index in [1.54, 1.807) is 0 Å². The zero-order valence-electron chi connectivity index (χ0n) is 25.4. The van der Waals surface area contributed by atoms with Crippen LogP contribution in [0.1, 0.15) is 19.3 Å². The summed E-state index contributed by atoms with van der Waals surface area (Å²) in [5.74, 6) is 2.44. The minimum atomic E-state index is -0.777. The van der Waals surface area contributed by atoms with Crippen LogP contribution in [0.2, 0.25) is 0 Å². The smallest absolute Gasteiger partial charge is 0.164 e. The number of hydrogen-bond acceptors (Lipinski definition) is 7. The average molecular weight is 629 g/mol. The van der Waals surface area contributed by atoms with E-state index in [0.29, 0.717) is 40.3 Å².